The quantitative estimate of drug-likeness (QED) is 0.290. The molecule has 3 rings (SSSR count). The van der Waals surface area contributed by atoms with E-state index in [1.807, 2.05) is 39.8 Å². The summed E-state index contributed by atoms with van der Waals surface area (Å²) in [5, 5.41) is 12.5. The van der Waals surface area contributed by atoms with Crippen molar-refractivity contribution in [2.24, 2.45) is 23.2 Å². The van der Waals surface area contributed by atoms with E-state index in [-0.39, 0.29) is 18.8 Å². The molecule has 0 spiro atoms. The maximum absolute atomic E-state index is 13.2. The predicted molar refractivity (Wildman–Crippen MR) is 155 cm³/mol. The van der Waals surface area contributed by atoms with Gasteiger partial charge in [0.25, 0.3) is 0 Å². The van der Waals surface area contributed by atoms with Crippen molar-refractivity contribution in [2.75, 3.05) is 0 Å². The minimum Gasteiger partial charge on any atom is -0.461 e. The molecule has 2 aliphatic rings. The Bertz CT molecular complexity index is 1220. The topological polar surface area (TPSA) is 125 Å². The number of fused-ring (bicyclic) bond motifs is 1. The first-order valence-corrected chi connectivity index (χ1v) is 14.4. The van der Waals surface area contributed by atoms with Crippen molar-refractivity contribution >= 4 is 23.9 Å². The van der Waals surface area contributed by atoms with Gasteiger partial charge in [0.2, 0.25) is 0 Å². The zero-order valence-corrected chi connectivity index (χ0v) is 25.8. The van der Waals surface area contributed by atoms with Crippen LogP contribution in [0.15, 0.2) is 54.1 Å². The highest BCUT2D eigenvalue weighted by Gasteiger charge is 2.58. The van der Waals surface area contributed by atoms with Crippen molar-refractivity contribution in [2.45, 2.75) is 98.2 Å². The summed E-state index contributed by atoms with van der Waals surface area (Å²) in [4.78, 5) is 49.9. The van der Waals surface area contributed by atoms with Crippen LogP contribution in [0.1, 0.15) is 78.6 Å². The summed E-state index contributed by atoms with van der Waals surface area (Å²) < 4.78 is 23.3. The Kier molecular flexibility index (Phi) is 10.4. The van der Waals surface area contributed by atoms with E-state index in [0.29, 0.717) is 11.1 Å². The minimum absolute atomic E-state index is 0.162. The molecule has 0 radical (unpaired) electrons. The van der Waals surface area contributed by atoms with Gasteiger partial charge in [-0.25, -0.2) is 4.79 Å². The van der Waals surface area contributed by atoms with Crippen molar-refractivity contribution in [1.29, 1.82) is 0 Å². The number of ether oxygens (including phenoxy) is 4. The zero-order chi connectivity index (χ0) is 31.4. The molecule has 1 N–H and O–H groups in total. The van der Waals surface area contributed by atoms with Gasteiger partial charge >= 0.3 is 23.9 Å². The Morgan fingerprint density at radius 1 is 0.881 bits per heavy atom. The molecule has 2 aliphatic carbocycles. The van der Waals surface area contributed by atoms with Gasteiger partial charge in [0.15, 0.2) is 0 Å². The Balaban J connectivity index is 2.20. The zero-order valence-electron chi connectivity index (χ0n) is 25.8. The van der Waals surface area contributed by atoms with Crippen LogP contribution in [0.25, 0.3) is 0 Å². The van der Waals surface area contributed by atoms with Crippen LogP contribution in [0.4, 0.5) is 0 Å². The van der Waals surface area contributed by atoms with Crippen molar-refractivity contribution < 1.29 is 43.2 Å². The van der Waals surface area contributed by atoms with E-state index in [1.165, 1.54) is 20.8 Å². The molecule has 1 saturated carbocycles. The van der Waals surface area contributed by atoms with E-state index >= 15 is 0 Å². The van der Waals surface area contributed by atoms with Gasteiger partial charge in [0.1, 0.15) is 30.0 Å². The van der Waals surface area contributed by atoms with Crippen LogP contribution < -0.4 is 0 Å². The number of esters is 4. The molecule has 9 heteroatoms. The smallest absolute Gasteiger partial charge is 0.338 e. The highest BCUT2D eigenvalue weighted by atomic mass is 16.6. The van der Waals surface area contributed by atoms with Gasteiger partial charge in [-0.15, -0.1) is 0 Å². The monoisotopic (exact) mass is 584 g/mol. The van der Waals surface area contributed by atoms with Crippen molar-refractivity contribution in [3.8, 4) is 0 Å². The van der Waals surface area contributed by atoms with Crippen LogP contribution in [0.5, 0.6) is 0 Å². The Morgan fingerprint density at radius 2 is 1.48 bits per heavy atom. The number of benzene rings is 1. The molecule has 0 amide bonds. The van der Waals surface area contributed by atoms with Crippen molar-refractivity contribution in [3.63, 3.8) is 0 Å². The average Bonchev–Trinajstić information content (AvgIpc) is 3.13. The second-order valence-electron chi connectivity index (χ2n) is 12.3. The first kappa shape index (κ1) is 33.0. The van der Waals surface area contributed by atoms with Crippen LogP contribution in [0, 0.1) is 23.2 Å². The van der Waals surface area contributed by atoms with Gasteiger partial charge in [-0.05, 0) is 37.0 Å². The molecular weight excluding hydrogens is 540 g/mol. The minimum atomic E-state index is -1.63. The average molecular weight is 585 g/mol. The summed E-state index contributed by atoms with van der Waals surface area (Å²) in [6, 6.07) is 8.57. The van der Waals surface area contributed by atoms with Crippen LogP contribution in [0.3, 0.4) is 0 Å². The van der Waals surface area contributed by atoms with E-state index in [4.69, 9.17) is 18.9 Å². The standard InChI is InChI=1S/C33H44O9/c1-19-14-15-32(7,8)28(40-23(5)35)17-27(39-22(4)34)20(2)16-26-29(42-31(37)25-12-10-9-11-13-25)21(3)18-33(26,38)30(19)41-24(6)36/h9-16,19,21,26-30,38H,17-18H2,1-8H3/b15-14-,20-16-/t19-,21+,26-,27+,28+,29-,30-,33+/m0/s1. The van der Waals surface area contributed by atoms with Crippen molar-refractivity contribution in [3.05, 3.63) is 59.7 Å². The lowest BCUT2D eigenvalue weighted by atomic mass is 9.75. The molecule has 1 fully saturated rings. The lowest BCUT2D eigenvalue weighted by molar-refractivity contribution is -0.173. The van der Waals surface area contributed by atoms with E-state index in [0.717, 1.165) is 0 Å². The van der Waals surface area contributed by atoms with Gasteiger partial charge in [-0.1, -0.05) is 64.1 Å². The Hall–Kier alpha value is -3.46. The SMILES string of the molecule is CC(=O)O[C@@H]1C[C@@H](OC(C)=O)C(C)(C)/C=C\[C@H](C)[C@H](OC(C)=O)[C@@]2(O)C[C@@H](C)[C@H](OC(=O)c3ccccc3)[C@@H]2/C=C\1C. The fourth-order valence-corrected chi connectivity index (χ4v) is 6.17. The first-order valence-electron chi connectivity index (χ1n) is 14.4. The van der Waals surface area contributed by atoms with Gasteiger partial charge in [0, 0.05) is 44.4 Å². The molecule has 0 aromatic heterocycles. The molecule has 1 aromatic rings. The summed E-state index contributed by atoms with van der Waals surface area (Å²) in [5.74, 6) is -3.71. The van der Waals surface area contributed by atoms with Crippen LogP contribution >= 0.6 is 0 Å². The highest BCUT2D eigenvalue weighted by Crippen LogP contribution is 2.48. The Morgan fingerprint density at radius 3 is 2.05 bits per heavy atom. The van der Waals surface area contributed by atoms with Gasteiger partial charge < -0.3 is 24.1 Å². The molecule has 9 nitrogen and oxygen atoms in total. The third kappa shape index (κ3) is 7.68. The second-order valence-corrected chi connectivity index (χ2v) is 12.3. The second kappa shape index (κ2) is 13.2. The molecule has 8 atom stereocenters. The summed E-state index contributed by atoms with van der Waals surface area (Å²) in [7, 11) is 0. The Labute approximate surface area is 248 Å². The van der Waals surface area contributed by atoms with E-state index in [1.54, 1.807) is 43.3 Å². The molecule has 0 heterocycles. The maximum Gasteiger partial charge on any atom is 0.338 e. The van der Waals surface area contributed by atoms with Gasteiger partial charge in [-0.2, -0.15) is 0 Å². The molecule has 0 saturated heterocycles. The normalized spacial score (nSPS) is 34.7. The van der Waals surface area contributed by atoms with E-state index in [9.17, 15) is 24.3 Å². The van der Waals surface area contributed by atoms with Crippen LogP contribution in [0.2, 0.25) is 0 Å². The highest BCUT2D eigenvalue weighted by molar-refractivity contribution is 5.89. The largest absolute Gasteiger partial charge is 0.461 e. The molecule has 230 valence electrons. The summed E-state index contributed by atoms with van der Waals surface area (Å²) in [5.41, 5.74) is -1.39. The third-order valence-electron chi connectivity index (χ3n) is 8.31. The number of aliphatic hydroxyl groups is 1. The molecule has 0 unspecified atom stereocenters. The van der Waals surface area contributed by atoms with E-state index in [2.05, 4.69) is 0 Å². The summed E-state index contributed by atoms with van der Waals surface area (Å²) >= 11 is 0. The predicted octanol–water partition coefficient (Wildman–Crippen LogP) is 4.96. The third-order valence-corrected chi connectivity index (χ3v) is 8.31. The summed E-state index contributed by atoms with van der Waals surface area (Å²) in [6.45, 7) is 13.2. The maximum atomic E-state index is 13.2. The van der Waals surface area contributed by atoms with E-state index < -0.39 is 71.1 Å². The molecule has 0 bridgehead atoms. The fraction of sp³-hybridized carbons (Fsp3) is 0.576. The number of carbonyl (C=O) groups excluding carboxylic acids is 4. The number of rotatable bonds is 5. The number of carbonyl (C=O) groups is 4. The lowest BCUT2D eigenvalue weighted by Crippen LogP contribution is -2.52. The van der Waals surface area contributed by atoms with Crippen LogP contribution in [-0.2, 0) is 33.3 Å². The molecular formula is C33H44O9. The number of hydrogen-bond acceptors (Lipinski definition) is 9. The first-order chi connectivity index (χ1) is 19.5. The summed E-state index contributed by atoms with van der Waals surface area (Å²) in [6.07, 6.45) is 2.54. The lowest BCUT2D eigenvalue weighted by Gasteiger charge is -2.41. The van der Waals surface area contributed by atoms with Crippen LogP contribution in [-0.4, -0.2) is 59.0 Å². The van der Waals surface area contributed by atoms with Crippen molar-refractivity contribution in [1.82, 2.24) is 0 Å². The molecule has 42 heavy (non-hydrogen) atoms. The fourth-order valence-electron chi connectivity index (χ4n) is 6.17. The number of hydrogen-bond donors (Lipinski definition) is 1. The molecule has 0 aliphatic heterocycles. The van der Waals surface area contributed by atoms with Gasteiger partial charge in [0.05, 0.1) is 5.56 Å². The molecule has 1 aromatic carbocycles. The van der Waals surface area contributed by atoms with Gasteiger partial charge in [-0.3, -0.25) is 14.4 Å².